The Labute approximate surface area is 411 Å². The van der Waals surface area contributed by atoms with Crippen LogP contribution in [0.15, 0.2) is 271 Å². The smallest absolute Gasteiger partial charge is 0.143 e. The van der Waals surface area contributed by atoms with E-state index in [1.54, 1.807) is 0 Å². The SMILES string of the molecule is c1ccc(-c2ccccc2-n2c3ccccc3c3ccccc32)c(-c2ccccc2N(c2ccc(-c3cccc4c3oc3ccccc34)cc2)c2ccccc2-c2ccc3c(ccc4ccccc43)c2)c1. The van der Waals surface area contributed by atoms with E-state index in [4.69, 9.17) is 4.42 Å². The van der Waals surface area contributed by atoms with Gasteiger partial charge in [0.1, 0.15) is 11.2 Å². The van der Waals surface area contributed by atoms with Gasteiger partial charge in [0.15, 0.2) is 0 Å². The van der Waals surface area contributed by atoms with Crippen molar-refractivity contribution in [2.45, 2.75) is 0 Å². The van der Waals surface area contributed by atoms with E-state index in [2.05, 4.69) is 264 Å². The van der Waals surface area contributed by atoms with E-state index in [9.17, 15) is 0 Å². The highest BCUT2D eigenvalue weighted by molar-refractivity contribution is 6.12. The lowest BCUT2D eigenvalue weighted by Crippen LogP contribution is -2.12. The van der Waals surface area contributed by atoms with Crippen molar-refractivity contribution in [1.29, 1.82) is 0 Å². The minimum absolute atomic E-state index is 0.894. The Bertz CT molecular complexity index is 4310. The molecule has 0 spiro atoms. The first-order chi connectivity index (χ1) is 35.2. The van der Waals surface area contributed by atoms with Crippen LogP contribution in [0.4, 0.5) is 17.1 Å². The molecule has 0 saturated heterocycles. The number of nitrogens with zero attached hydrogens (tertiary/aromatic N) is 2. The molecule has 71 heavy (non-hydrogen) atoms. The zero-order chi connectivity index (χ0) is 46.8. The second-order valence-electron chi connectivity index (χ2n) is 18.4. The van der Waals surface area contributed by atoms with Crippen molar-refractivity contribution < 1.29 is 4.42 Å². The first-order valence-electron chi connectivity index (χ1n) is 24.3. The number of para-hydroxylation sites is 7. The third-order valence-electron chi connectivity index (χ3n) is 14.4. The van der Waals surface area contributed by atoms with Crippen molar-refractivity contribution in [3.8, 4) is 50.2 Å². The Hall–Kier alpha value is -9.44. The lowest BCUT2D eigenvalue weighted by molar-refractivity contribution is 0.670. The lowest BCUT2D eigenvalue weighted by Gasteiger charge is -2.30. The summed E-state index contributed by atoms with van der Waals surface area (Å²) in [6.07, 6.45) is 0. The summed E-state index contributed by atoms with van der Waals surface area (Å²) >= 11 is 0. The molecule has 332 valence electrons. The molecule has 14 aromatic rings. The van der Waals surface area contributed by atoms with E-state index >= 15 is 0 Å². The number of fused-ring (bicyclic) bond motifs is 9. The van der Waals surface area contributed by atoms with Crippen molar-refractivity contribution in [2.75, 3.05) is 4.90 Å². The van der Waals surface area contributed by atoms with Crippen molar-refractivity contribution in [3.05, 3.63) is 267 Å². The number of furan rings is 1. The highest BCUT2D eigenvalue weighted by Crippen LogP contribution is 2.48. The standard InChI is InChI=1S/C68H44N2O/c1-2-19-50-45(18-1)36-37-47-44-48(40-43-51(47)50)52-20-5-11-30-62(52)69(49-41-38-46(39-42-49)53-28-17-29-61-60-27-10-16-35-67(60)71-68(53)61)63-31-12-6-23-56(63)54-21-3-4-22-55(54)57-24-7-13-32-64(57)70-65-33-14-8-25-58(65)59-26-9-15-34-66(59)70/h1-44H. The molecule has 0 unspecified atom stereocenters. The number of anilines is 3. The fourth-order valence-corrected chi connectivity index (χ4v) is 11.2. The maximum absolute atomic E-state index is 6.55. The summed E-state index contributed by atoms with van der Waals surface area (Å²) in [5.74, 6) is 0. The number of rotatable bonds is 8. The summed E-state index contributed by atoms with van der Waals surface area (Å²) in [6.45, 7) is 0. The summed E-state index contributed by atoms with van der Waals surface area (Å²) in [7, 11) is 0. The van der Waals surface area contributed by atoms with Crippen molar-refractivity contribution in [1.82, 2.24) is 4.57 Å². The summed E-state index contributed by atoms with van der Waals surface area (Å²) in [5, 5.41) is 9.69. The number of hydrogen-bond donors (Lipinski definition) is 0. The topological polar surface area (TPSA) is 21.3 Å². The quantitative estimate of drug-likeness (QED) is 0.142. The number of benzene rings is 12. The average Bonchev–Trinajstić information content (AvgIpc) is 4.00. The molecule has 12 aromatic carbocycles. The van der Waals surface area contributed by atoms with Crippen LogP contribution in [0, 0.1) is 0 Å². The monoisotopic (exact) mass is 904 g/mol. The molecule has 0 aliphatic carbocycles. The molecule has 0 amide bonds. The van der Waals surface area contributed by atoms with Crippen LogP contribution in [0.5, 0.6) is 0 Å². The van der Waals surface area contributed by atoms with Gasteiger partial charge in [0.2, 0.25) is 0 Å². The molecule has 0 aliphatic rings. The predicted octanol–water partition coefficient (Wildman–Crippen LogP) is 19.1. The number of aromatic nitrogens is 1. The second-order valence-corrected chi connectivity index (χ2v) is 18.4. The van der Waals surface area contributed by atoms with E-state index in [0.29, 0.717) is 0 Å². The van der Waals surface area contributed by atoms with E-state index in [0.717, 1.165) is 89.2 Å². The van der Waals surface area contributed by atoms with Gasteiger partial charge in [0.05, 0.1) is 28.1 Å². The van der Waals surface area contributed by atoms with Gasteiger partial charge in [-0.3, -0.25) is 0 Å². The normalized spacial score (nSPS) is 11.7. The van der Waals surface area contributed by atoms with Crippen LogP contribution in [0.25, 0.3) is 115 Å². The minimum atomic E-state index is 0.894. The van der Waals surface area contributed by atoms with Gasteiger partial charge in [-0.2, -0.15) is 0 Å². The van der Waals surface area contributed by atoms with Crippen LogP contribution < -0.4 is 4.90 Å². The molecule has 0 radical (unpaired) electrons. The zero-order valence-electron chi connectivity index (χ0n) is 38.7. The Kier molecular flexibility index (Phi) is 9.53. The summed E-state index contributed by atoms with van der Waals surface area (Å²) < 4.78 is 8.98. The Morgan fingerprint density at radius 3 is 1.56 bits per heavy atom. The fourth-order valence-electron chi connectivity index (χ4n) is 11.2. The van der Waals surface area contributed by atoms with Crippen LogP contribution in [0.1, 0.15) is 0 Å². The maximum atomic E-state index is 6.55. The van der Waals surface area contributed by atoms with Gasteiger partial charge in [-0.25, -0.2) is 0 Å². The van der Waals surface area contributed by atoms with Crippen LogP contribution in [-0.4, -0.2) is 4.57 Å². The molecular weight excluding hydrogens is 861 g/mol. The van der Waals surface area contributed by atoms with Crippen LogP contribution in [0.3, 0.4) is 0 Å². The first-order valence-corrected chi connectivity index (χ1v) is 24.3. The van der Waals surface area contributed by atoms with E-state index in [1.165, 1.54) is 43.4 Å². The summed E-state index contributed by atoms with van der Waals surface area (Å²) in [6, 6.07) is 96.9. The Morgan fingerprint density at radius 1 is 0.296 bits per heavy atom. The van der Waals surface area contributed by atoms with Gasteiger partial charge in [-0.1, -0.05) is 212 Å². The molecule has 0 aliphatic heterocycles. The van der Waals surface area contributed by atoms with Crippen LogP contribution >= 0.6 is 0 Å². The van der Waals surface area contributed by atoms with Gasteiger partial charge in [0.25, 0.3) is 0 Å². The van der Waals surface area contributed by atoms with Crippen LogP contribution in [0.2, 0.25) is 0 Å². The zero-order valence-corrected chi connectivity index (χ0v) is 38.7. The third-order valence-corrected chi connectivity index (χ3v) is 14.4. The highest BCUT2D eigenvalue weighted by Gasteiger charge is 2.24. The van der Waals surface area contributed by atoms with Gasteiger partial charge < -0.3 is 13.9 Å². The van der Waals surface area contributed by atoms with Crippen LogP contribution in [-0.2, 0) is 0 Å². The molecule has 14 rings (SSSR count). The summed E-state index contributed by atoms with van der Waals surface area (Å²) in [5.41, 5.74) is 17.5. The second kappa shape index (κ2) is 16.7. The molecule has 2 aromatic heterocycles. The molecule has 3 nitrogen and oxygen atoms in total. The molecule has 0 N–H and O–H groups in total. The minimum Gasteiger partial charge on any atom is -0.455 e. The predicted molar refractivity (Wildman–Crippen MR) is 299 cm³/mol. The molecule has 0 fully saturated rings. The van der Waals surface area contributed by atoms with E-state index in [1.807, 2.05) is 12.1 Å². The third kappa shape index (κ3) is 6.66. The molecule has 0 saturated carbocycles. The van der Waals surface area contributed by atoms with E-state index < -0.39 is 0 Å². The van der Waals surface area contributed by atoms with Crippen molar-refractivity contribution in [2.24, 2.45) is 0 Å². The number of hydrogen-bond acceptors (Lipinski definition) is 2. The largest absolute Gasteiger partial charge is 0.455 e. The van der Waals surface area contributed by atoms with Crippen molar-refractivity contribution >= 4 is 82.4 Å². The Balaban J connectivity index is 0.968. The molecule has 3 heteroatoms. The highest BCUT2D eigenvalue weighted by atomic mass is 16.3. The van der Waals surface area contributed by atoms with E-state index in [-0.39, 0.29) is 0 Å². The maximum Gasteiger partial charge on any atom is 0.143 e. The van der Waals surface area contributed by atoms with Crippen molar-refractivity contribution in [3.63, 3.8) is 0 Å². The average molecular weight is 905 g/mol. The van der Waals surface area contributed by atoms with Gasteiger partial charge in [-0.15, -0.1) is 0 Å². The molecular formula is C68H44N2O. The van der Waals surface area contributed by atoms with Gasteiger partial charge >= 0.3 is 0 Å². The molecule has 2 heterocycles. The fraction of sp³-hybridized carbons (Fsp3) is 0. The molecule has 0 bridgehead atoms. The lowest BCUT2D eigenvalue weighted by atomic mass is 9.91. The summed E-state index contributed by atoms with van der Waals surface area (Å²) in [4.78, 5) is 2.45. The first kappa shape index (κ1) is 40.6. The van der Waals surface area contributed by atoms with Gasteiger partial charge in [-0.05, 0) is 98.4 Å². The van der Waals surface area contributed by atoms with Gasteiger partial charge in [0, 0.05) is 49.5 Å². The molecule has 0 atom stereocenters. The Morgan fingerprint density at radius 2 is 0.803 bits per heavy atom.